The van der Waals surface area contributed by atoms with Gasteiger partial charge in [-0.2, -0.15) is 4.37 Å². The van der Waals surface area contributed by atoms with Gasteiger partial charge in [0, 0.05) is 17.6 Å². The van der Waals surface area contributed by atoms with E-state index in [-0.39, 0.29) is 18.4 Å². The molecule has 1 unspecified atom stereocenters. The first-order valence-corrected chi connectivity index (χ1v) is 6.41. The van der Waals surface area contributed by atoms with Crippen LogP contribution >= 0.6 is 11.5 Å². The highest BCUT2D eigenvalue weighted by molar-refractivity contribution is 7.09. The van der Waals surface area contributed by atoms with Crippen LogP contribution in [-0.4, -0.2) is 32.5 Å². The topological polar surface area (TPSA) is 104 Å². The van der Waals surface area contributed by atoms with Gasteiger partial charge in [-0.25, -0.2) is 9.78 Å². The van der Waals surface area contributed by atoms with E-state index in [0.29, 0.717) is 11.0 Å². The molecule has 0 aliphatic heterocycles. The highest BCUT2D eigenvalue weighted by atomic mass is 32.1. The number of anilines is 1. The van der Waals surface area contributed by atoms with Crippen LogP contribution in [0.15, 0.2) is 0 Å². The molecule has 7 nitrogen and oxygen atoms in total. The zero-order valence-electron chi connectivity index (χ0n) is 9.84. The number of amides is 2. The summed E-state index contributed by atoms with van der Waals surface area (Å²) >= 11 is 1.09. The molecule has 2 rings (SSSR count). The lowest BCUT2D eigenvalue weighted by molar-refractivity contribution is -0.137. The zero-order valence-corrected chi connectivity index (χ0v) is 10.7. The first-order valence-electron chi connectivity index (χ1n) is 5.64. The van der Waals surface area contributed by atoms with Gasteiger partial charge in [0.2, 0.25) is 5.13 Å². The number of nitrogens with zero attached hydrogens (tertiary/aromatic N) is 2. The van der Waals surface area contributed by atoms with Gasteiger partial charge in [0.25, 0.3) is 0 Å². The number of nitrogens with one attached hydrogen (secondary N) is 2. The molecule has 1 saturated carbocycles. The molecule has 1 heterocycles. The monoisotopic (exact) mass is 270 g/mol. The van der Waals surface area contributed by atoms with Crippen molar-refractivity contribution in [1.29, 1.82) is 0 Å². The molecule has 1 aliphatic rings. The number of carbonyl (C=O) groups excluding carboxylic acids is 1. The quantitative estimate of drug-likeness (QED) is 0.746. The Balaban J connectivity index is 1.86. The van der Waals surface area contributed by atoms with Crippen molar-refractivity contribution in [3.8, 4) is 0 Å². The first-order chi connectivity index (χ1) is 8.54. The molecule has 98 valence electrons. The van der Waals surface area contributed by atoms with Crippen molar-refractivity contribution in [2.24, 2.45) is 5.92 Å². The van der Waals surface area contributed by atoms with Gasteiger partial charge < -0.3 is 10.4 Å². The van der Waals surface area contributed by atoms with Gasteiger partial charge in [-0.1, -0.05) is 0 Å². The Bertz CT molecular complexity index is 458. The fourth-order valence-electron chi connectivity index (χ4n) is 1.67. The van der Waals surface area contributed by atoms with E-state index < -0.39 is 12.0 Å². The molecule has 1 aromatic heterocycles. The van der Waals surface area contributed by atoms with E-state index in [9.17, 15) is 9.59 Å². The molecule has 0 spiro atoms. The Morgan fingerprint density at radius 2 is 2.28 bits per heavy atom. The standard InChI is InChI=1S/C10H14N4O3S/c1-5-11-10(18-14-5)13-9(17)12-7(4-8(15)16)6-2-3-6/h6-7H,2-4H2,1H3,(H,15,16)(H2,11,12,13,14,17). The molecule has 0 saturated heterocycles. The van der Waals surface area contributed by atoms with E-state index in [1.165, 1.54) is 0 Å². The Morgan fingerprint density at radius 3 is 2.78 bits per heavy atom. The summed E-state index contributed by atoms with van der Waals surface area (Å²) in [6, 6.07) is -0.735. The van der Waals surface area contributed by atoms with E-state index in [1.54, 1.807) is 6.92 Å². The Labute approximate surface area is 108 Å². The number of carboxylic acids is 1. The van der Waals surface area contributed by atoms with Gasteiger partial charge in [0.15, 0.2) is 0 Å². The molecular weight excluding hydrogens is 256 g/mol. The molecule has 0 radical (unpaired) electrons. The zero-order chi connectivity index (χ0) is 13.1. The SMILES string of the molecule is Cc1nsc(NC(=O)NC(CC(=O)O)C2CC2)n1. The number of aromatic nitrogens is 2. The molecular formula is C10H14N4O3S. The van der Waals surface area contributed by atoms with Crippen molar-refractivity contribution in [2.45, 2.75) is 32.2 Å². The fourth-order valence-corrected chi connectivity index (χ4v) is 2.24. The highest BCUT2D eigenvalue weighted by Gasteiger charge is 2.33. The molecule has 0 aromatic carbocycles. The van der Waals surface area contributed by atoms with Crippen LogP contribution in [0.3, 0.4) is 0 Å². The van der Waals surface area contributed by atoms with Crippen LogP contribution in [-0.2, 0) is 4.79 Å². The number of hydrogen-bond acceptors (Lipinski definition) is 5. The van der Waals surface area contributed by atoms with E-state index >= 15 is 0 Å². The van der Waals surface area contributed by atoms with Crippen molar-refractivity contribution in [2.75, 3.05) is 5.32 Å². The molecule has 8 heteroatoms. The lowest BCUT2D eigenvalue weighted by Crippen LogP contribution is -2.40. The minimum absolute atomic E-state index is 0.0484. The van der Waals surface area contributed by atoms with Crippen LogP contribution in [0, 0.1) is 12.8 Å². The predicted octanol–water partition coefficient (Wildman–Crippen LogP) is 1.22. The van der Waals surface area contributed by atoms with Gasteiger partial charge in [-0.15, -0.1) is 0 Å². The summed E-state index contributed by atoms with van der Waals surface area (Å²) in [5.74, 6) is -0.0263. The summed E-state index contributed by atoms with van der Waals surface area (Å²) in [7, 11) is 0. The number of hydrogen-bond donors (Lipinski definition) is 3. The van der Waals surface area contributed by atoms with Crippen LogP contribution in [0.25, 0.3) is 0 Å². The van der Waals surface area contributed by atoms with Crippen LogP contribution in [0.2, 0.25) is 0 Å². The second-order valence-electron chi connectivity index (χ2n) is 4.29. The molecule has 0 bridgehead atoms. The molecule has 2 amide bonds. The number of carbonyl (C=O) groups is 2. The van der Waals surface area contributed by atoms with Gasteiger partial charge in [-0.3, -0.25) is 10.1 Å². The summed E-state index contributed by atoms with van der Waals surface area (Å²) in [5, 5.41) is 14.4. The molecule has 1 fully saturated rings. The third kappa shape index (κ3) is 3.66. The summed E-state index contributed by atoms with van der Waals surface area (Å²) < 4.78 is 3.94. The third-order valence-electron chi connectivity index (χ3n) is 2.65. The predicted molar refractivity (Wildman–Crippen MR) is 65.6 cm³/mol. The highest BCUT2D eigenvalue weighted by Crippen LogP contribution is 2.34. The fraction of sp³-hybridized carbons (Fsp3) is 0.600. The summed E-state index contributed by atoms with van der Waals surface area (Å²) in [5.41, 5.74) is 0. The minimum Gasteiger partial charge on any atom is -0.481 e. The maximum absolute atomic E-state index is 11.7. The lowest BCUT2D eigenvalue weighted by Gasteiger charge is -2.15. The van der Waals surface area contributed by atoms with Gasteiger partial charge >= 0.3 is 12.0 Å². The Hall–Kier alpha value is -1.70. The number of urea groups is 1. The number of carboxylic acid groups (broad SMARTS) is 1. The van der Waals surface area contributed by atoms with E-state index in [1.807, 2.05) is 0 Å². The van der Waals surface area contributed by atoms with E-state index in [2.05, 4.69) is 20.0 Å². The largest absolute Gasteiger partial charge is 0.481 e. The summed E-state index contributed by atoms with van der Waals surface area (Å²) in [6.45, 7) is 1.73. The number of rotatable bonds is 5. The summed E-state index contributed by atoms with van der Waals surface area (Å²) in [4.78, 5) is 26.4. The van der Waals surface area contributed by atoms with Crippen molar-refractivity contribution in [3.05, 3.63) is 5.82 Å². The van der Waals surface area contributed by atoms with Crippen molar-refractivity contribution >= 4 is 28.7 Å². The van der Waals surface area contributed by atoms with E-state index in [4.69, 9.17) is 5.11 Å². The summed E-state index contributed by atoms with van der Waals surface area (Å²) in [6.07, 6.45) is 1.89. The van der Waals surface area contributed by atoms with Crippen molar-refractivity contribution in [3.63, 3.8) is 0 Å². The van der Waals surface area contributed by atoms with Gasteiger partial charge in [-0.05, 0) is 25.7 Å². The van der Waals surface area contributed by atoms with Crippen LogP contribution in [0.1, 0.15) is 25.1 Å². The maximum atomic E-state index is 11.7. The third-order valence-corrected chi connectivity index (χ3v) is 3.37. The average molecular weight is 270 g/mol. The van der Waals surface area contributed by atoms with Crippen LogP contribution in [0.4, 0.5) is 9.93 Å². The van der Waals surface area contributed by atoms with Crippen molar-refractivity contribution in [1.82, 2.24) is 14.7 Å². The van der Waals surface area contributed by atoms with Crippen molar-refractivity contribution < 1.29 is 14.7 Å². The maximum Gasteiger partial charge on any atom is 0.321 e. The number of aryl methyl sites for hydroxylation is 1. The normalized spacial score (nSPS) is 16.1. The minimum atomic E-state index is -0.904. The second kappa shape index (κ2) is 5.30. The number of aliphatic carboxylic acids is 1. The van der Waals surface area contributed by atoms with Gasteiger partial charge in [0.1, 0.15) is 5.82 Å². The smallest absolute Gasteiger partial charge is 0.321 e. The first kappa shape index (κ1) is 12.7. The van der Waals surface area contributed by atoms with E-state index in [0.717, 1.165) is 24.4 Å². The molecule has 18 heavy (non-hydrogen) atoms. The Morgan fingerprint density at radius 1 is 1.56 bits per heavy atom. The molecule has 3 N–H and O–H groups in total. The molecule has 1 aliphatic carbocycles. The Kier molecular flexibility index (Phi) is 3.75. The van der Waals surface area contributed by atoms with Crippen LogP contribution < -0.4 is 10.6 Å². The lowest BCUT2D eigenvalue weighted by atomic mass is 10.1. The molecule has 1 aromatic rings. The molecule has 1 atom stereocenters. The van der Waals surface area contributed by atoms with Crippen LogP contribution in [0.5, 0.6) is 0 Å². The van der Waals surface area contributed by atoms with Gasteiger partial charge in [0.05, 0.1) is 6.42 Å². The average Bonchev–Trinajstić information content (AvgIpc) is 3.02. The second-order valence-corrected chi connectivity index (χ2v) is 5.04.